The number of nitrogens with zero attached hydrogens (tertiary/aromatic N) is 1. The number of fused-ring (bicyclic) bond motifs is 1. The van der Waals surface area contributed by atoms with Crippen molar-refractivity contribution in [1.82, 2.24) is 4.57 Å². The largest absolute Gasteiger partial charge is 0.464 e. The van der Waals surface area contributed by atoms with E-state index in [0.717, 1.165) is 18.7 Å². The monoisotopic (exact) mass is 213 g/mol. The molecule has 1 atom stereocenters. The molecule has 1 aliphatic rings. The highest BCUT2D eigenvalue weighted by atomic mass is 35.5. The molecule has 0 bridgehead atoms. The molecule has 2 rings (SSSR count). The van der Waals surface area contributed by atoms with Gasteiger partial charge in [0.25, 0.3) is 0 Å². The SMILES string of the molecule is O=C(OCCCl)C1CCn2cccc21. The van der Waals surface area contributed by atoms with Crippen LogP contribution in [0.25, 0.3) is 0 Å². The standard InChI is InChI=1S/C10H12ClNO2/c11-4-7-14-10(13)8-3-6-12-5-1-2-9(8)12/h1-2,5,8H,3-4,6-7H2. The molecule has 0 N–H and O–H groups in total. The summed E-state index contributed by atoms with van der Waals surface area (Å²) in [5.74, 6) is 0.121. The predicted octanol–water partition coefficient (Wildman–Crippen LogP) is 1.76. The first-order chi connectivity index (χ1) is 6.83. The van der Waals surface area contributed by atoms with Gasteiger partial charge in [-0.3, -0.25) is 4.79 Å². The van der Waals surface area contributed by atoms with Gasteiger partial charge in [-0.25, -0.2) is 0 Å². The summed E-state index contributed by atoms with van der Waals surface area (Å²) in [5.41, 5.74) is 1.06. The van der Waals surface area contributed by atoms with E-state index in [0.29, 0.717) is 12.5 Å². The van der Waals surface area contributed by atoms with Crippen molar-refractivity contribution in [2.24, 2.45) is 0 Å². The topological polar surface area (TPSA) is 31.2 Å². The van der Waals surface area contributed by atoms with E-state index in [9.17, 15) is 4.79 Å². The molecule has 1 aromatic heterocycles. The summed E-state index contributed by atoms with van der Waals surface area (Å²) in [6.07, 6.45) is 2.83. The second kappa shape index (κ2) is 4.05. The fourth-order valence-corrected chi connectivity index (χ4v) is 1.92. The first-order valence-corrected chi connectivity index (χ1v) is 5.24. The molecule has 0 saturated heterocycles. The molecule has 0 amide bonds. The number of alkyl halides is 1. The van der Waals surface area contributed by atoms with Gasteiger partial charge in [0, 0.05) is 18.4 Å². The third-order valence-corrected chi connectivity index (χ3v) is 2.64. The lowest BCUT2D eigenvalue weighted by Gasteiger charge is -2.08. The van der Waals surface area contributed by atoms with Crippen LogP contribution >= 0.6 is 11.6 Å². The van der Waals surface area contributed by atoms with Crippen molar-refractivity contribution in [2.45, 2.75) is 18.9 Å². The third kappa shape index (κ3) is 1.64. The van der Waals surface area contributed by atoms with Crippen LogP contribution in [-0.2, 0) is 16.1 Å². The summed E-state index contributed by atoms with van der Waals surface area (Å²) >= 11 is 5.45. The fraction of sp³-hybridized carbons (Fsp3) is 0.500. The molecule has 1 aromatic rings. The second-order valence-electron chi connectivity index (χ2n) is 3.32. The summed E-state index contributed by atoms with van der Waals surface area (Å²) in [7, 11) is 0. The molecule has 1 unspecified atom stereocenters. The average molecular weight is 214 g/mol. The molecule has 76 valence electrons. The highest BCUT2D eigenvalue weighted by Crippen LogP contribution is 2.29. The quantitative estimate of drug-likeness (QED) is 0.566. The molecule has 0 aliphatic carbocycles. The van der Waals surface area contributed by atoms with Crippen LogP contribution in [0.1, 0.15) is 18.0 Å². The summed E-state index contributed by atoms with van der Waals surface area (Å²) in [5, 5.41) is 0. The highest BCUT2D eigenvalue weighted by molar-refractivity contribution is 6.18. The molecule has 0 fully saturated rings. The van der Waals surface area contributed by atoms with Gasteiger partial charge in [-0.05, 0) is 18.6 Å². The number of ether oxygens (including phenoxy) is 1. The van der Waals surface area contributed by atoms with Crippen molar-refractivity contribution in [3.05, 3.63) is 24.0 Å². The number of hydrogen-bond acceptors (Lipinski definition) is 2. The summed E-state index contributed by atoms with van der Waals surface area (Å²) in [4.78, 5) is 11.6. The first-order valence-electron chi connectivity index (χ1n) is 4.70. The summed E-state index contributed by atoms with van der Waals surface area (Å²) < 4.78 is 7.11. The van der Waals surface area contributed by atoms with Crippen LogP contribution in [0.15, 0.2) is 18.3 Å². The van der Waals surface area contributed by atoms with Crippen LogP contribution in [0.5, 0.6) is 0 Å². The van der Waals surface area contributed by atoms with Crippen LogP contribution in [0.3, 0.4) is 0 Å². The Morgan fingerprint density at radius 2 is 2.57 bits per heavy atom. The van der Waals surface area contributed by atoms with Gasteiger partial charge in [0.05, 0.1) is 11.8 Å². The van der Waals surface area contributed by atoms with Gasteiger partial charge in [-0.1, -0.05) is 0 Å². The summed E-state index contributed by atoms with van der Waals surface area (Å²) in [6, 6.07) is 3.93. The van der Waals surface area contributed by atoms with Crippen LogP contribution in [0.4, 0.5) is 0 Å². The number of aryl methyl sites for hydroxylation is 1. The molecule has 2 heterocycles. The van der Waals surface area contributed by atoms with Crippen molar-refractivity contribution < 1.29 is 9.53 Å². The zero-order chi connectivity index (χ0) is 9.97. The lowest BCUT2D eigenvalue weighted by atomic mass is 10.1. The Morgan fingerprint density at radius 1 is 1.71 bits per heavy atom. The lowest BCUT2D eigenvalue weighted by Crippen LogP contribution is -2.14. The van der Waals surface area contributed by atoms with Gasteiger partial charge in [0.1, 0.15) is 6.61 Å². The van der Waals surface area contributed by atoms with Gasteiger partial charge < -0.3 is 9.30 Å². The molecule has 0 spiro atoms. The first kappa shape index (κ1) is 9.59. The van der Waals surface area contributed by atoms with Crippen LogP contribution in [0.2, 0.25) is 0 Å². The minimum Gasteiger partial charge on any atom is -0.464 e. The van der Waals surface area contributed by atoms with Crippen molar-refractivity contribution >= 4 is 17.6 Å². The fourth-order valence-electron chi connectivity index (χ4n) is 1.84. The molecule has 0 aromatic carbocycles. The average Bonchev–Trinajstić information content (AvgIpc) is 2.74. The highest BCUT2D eigenvalue weighted by Gasteiger charge is 2.29. The van der Waals surface area contributed by atoms with E-state index < -0.39 is 0 Å². The number of rotatable bonds is 3. The van der Waals surface area contributed by atoms with Gasteiger partial charge in [-0.2, -0.15) is 0 Å². The van der Waals surface area contributed by atoms with Gasteiger partial charge in [0.15, 0.2) is 0 Å². The van der Waals surface area contributed by atoms with E-state index in [1.54, 1.807) is 0 Å². The third-order valence-electron chi connectivity index (χ3n) is 2.49. The van der Waals surface area contributed by atoms with Crippen LogP contribution in [-0.4, -0.2) is 23.0 Å². The van der Waals surface area contributed by atoms with Crippen LogP contribution in [0, 0.1) is 0 Å². The van der Waals surface area contributed by atoms with E-state index >= 15 is 0 Å². The Balaban J connectivity index is 2.04. The Labute approximate surface area is 87.6 Å². The van der Waals surface area contributed by atoms with E-state index in [1.165, 1.54) is 0 Å². The van der Waals surface area contributed by atoms with Gasteiger partial charge >= 0.3 is 5.97 Å². The van der Waals surface area contributed by atoms with Crippen molar-refractivity contribution in [3.8, 4) is 0 Å². The molecule has 0 radical (unpaired) electrons. The normalized spacial score (nSPS) is 19.4. The minimum atomic E-state index is -0.150. The number of halogens is 1. The maximum Gasteiger partial charge on any atom is 0.315 e. The molecular formula is C10H12ClNO2. The molecule has 14 heavy (non-hydrogen) atoms. The molecule has 0 saturated carbocycles. The van der Waals surface area contributed by atoms with E-state index in [-0.39, 0.29) is 11.9 Å². The zero-order valence-electron chi connectivity index (χ0n) is 7.78. The number of carbonyl (C=O) groups is 1. The van der Waals surface area contributed by atoms with E-state index in [1.807, 2.05) is 18.3 Å². The molecule has 3 nitrogen and oxygen atoms in total. The minimum absolute atomic E-state index is 0.0896. The van der Waals surface area contributed by atoms with Gasteiger partial charge in [0.2, 0.25) is 0 Å². The number of carbonyl (C=O) groups excluding carboxylic acids is 1. The zero-order valence-corrected chi connectivity index (χ0v) is 8.54. The molecular weight excluding hydrogens is 202 g/mol. The van der Waals surface area contributed by atoms with Gasteiger partial charge in [-0.15, -0.1) is 11.6 Å². The second-order valence-corrected chi connectivity index (χ2v) is 3.70. The maximum atomic E-state index is 11.6. The molecule has 1 aliphatic heterocycles. The Kier molecular flexibility index (Phi) is 2.77. The Hall–Kier alpha value is -0.960. The van der Waals surface area contributed by atoms with E-state index in [4.69, 9.17) is 16.3 Å². The Morgan fingerprint density at radius 3 is 3.36 bits per heavy atom. The summed E-state index contributed by atoms with van der Waals surface area (Å²) in [6.45, 7) is 1.21. The predicted molar refractivity (Wildman–Crippen MR) is 53.5 cm³/mol. The number of hydrogen-bond donors (Lipinski definition) is 0. The van der Waals surface area contributed by atoms with Crippen LogP contribution < -0.4 is 0 Å². The molecule has 4 heteroatoms. The number of esters is 1. The van der Waals surface area contributed by atoms with Crippen molar-refractivity contribution in [3.63, 3.8) is 0 Å². The maximum absolute atomic E-state index is 11.6. The van der Waals surface area contributed by atoms with Crippen molar-refractivity contribution in [2.75, 3.05) is 12.5 Å². The Bertz CT molecular complexity index is 335. The van der Waals surface area contributed by atoms with E-state index in [2.05, 4.69) is 4.57 Å². The number of aromatic nitrogens is 1. The smallest absolute Gasteiger partial charge is 0.315 e. The lowest BCUT2D eigenvalue weighted by molar-refractivity contribution is -0.144. The van der Waals surface area contributed by atoms with Crippen molar-refractivity contribution in [1.29, 1.82) is 0 Å².